The predicted molar refractivity (Wildman–Crippen MR) is 103 cm³/mol. The van der Waals surface area contributed by atoms with Crippen LogP contribution in [-0.2, 0) is 22.7 Å². The van der Waals surface area contributed by atoms with Crippen LogP contribution in [0.4, 0.5) is 0 Å². The third-order valence-electron chi connectivity index (χ3n) is 4.56. The Kier molecular flexibility index (Phi) is 7.79. The summed E-state index contributed by atoms with van der Waals surface area (Å²) in [4.78, 5) is 0. The van der Waals surface area contributed by atoms with Gasteiger partial charge in [0, 0.05) is 6.61 Å². The summed E-state index contributed by atoms with van der Waals surface area (Å²) < 4.78 is 21.8. The van der Waals surface area contributed by atoms with Gasteiger partial charge in [-0.25, -0.2) is 0 Å². The summed E-state index contributed by atoms with van der Waals surface area (Å²) in [5.74, 6) is 1.26. The number of benzene rings is 1. The monoisotopic (exact) mass is 349 g/mol. The molecule has 0 bridgehead atoms. The molecule has 0 aromatic heterocycles. The molecule has 1 aliphatic carbocycles. The number of ether oxygens (including phenoxy) is 1. The van der Waals surface area contributed by atoms with Crippen LogP contribution >= 0.6 is 0 Å². The fraction of sp³-hybridized carbons (Fsp3) is 0.650. The summed E-state index contributed by atoms with van der Waals surface area (Å²) in [6.07, 6.45) is 7.87. The molecule has 1 fully saturated rings. The van der Waals surface area contributed by atoms with Gasteiger partial charge in [0.15, 0.2) is 0 Å². The standard InChI is InChI=1S/C20H31NO2S/c1-20(2,3)24(22)21-15-18-11-9-17(10-12-18)13-14-23-16-19-7-5-4-6-8-19/h4-8,15,17-18H,9-14,16H2,1-3H3/b21-15+/t17-,18-,24?. The third kappa shape index (κ3) is 6.96. The topological polar surface area (TPSA) is 44.7 Å². The van der Waals surface area contributed by atoms with E-state index in [1.54, 1.807) is 0 Å². The van der Waals surface area contributed by atoms with E-state index in [1.807, 2.05) is 45.2 Å². The largest absolute Gasteiger partial charge is 0.591 e. The second-order valence-corrected chi connectivity index (χ2v) is 9.66. The molecule has 1 saturated carbocycles. The molecular formula is C20H31NO2S. The molecule has 0 N–H and O–H groups in total. The quantitative estimate of drug-likeness (QED) is 0.398. The highest BCUT2D eigenvalue weighted by Gasteiger charge is 2.27. The Morgan fingerprint density at radius 3 is 2.46 bits per heavy atom. The lowest BCUT2D eigenvalue weighted by atomic mass is 9.81. The fourth-order valence-corrected chi connectivity index (χ4v) is 3.54. The zero-order valence-corrected chi connectivity index (χ0v) is 16.1. The molecule has 24 heavy (non-hydrogen) atoms. The van der Waals surface area contributed by atoms with E-state index >= 15 is 0 Å². The van der Waals surface area contributed by atoms with Gasteiger partial charge in [-0.05, 0) is 70.3 Å². The average Bonchev–Trinajstić information content (AvgIpc) is 2.57. The highest BCUT2D eigenvalue weighted by molar-refractivity contribution is 7.91. The van der Waals surface area contributed by atoms with Crippen LogP contribution in [0.3, 0.4) is 0 Å². The van der Waals surface area contributed by atoms with Gasteiger partial charge in [0.05, 0.1) is 12.8 Å². The normalized spacial score (nSPS) is 23.5. The number of nitrogens with zero attached hydrogens (tertiary/aromatic N) is 1. The highest BCUT2D eigenvalue weighted by Crippen LogP contribution is 2.30. The van der Waals surface area contributed by atoms with Crippen molar-refractivity contribution >= 4 is 17.6 Å². The summed E-state index contributed by atoms with van der Waals surface area (Å²) in [5.41, 5.74) is 1.24. The SMILES string of the molecule is CC(C)(C)[S+]([O-])/N=C/[C@H]1CC[C@H](CCOCc2ccccc2)CC1. The van der Waals surface area contributed by atoms with Crippen LogP contribution in [-0.4, -0.2) is 22.1 Å². The van der Waals surface area contributed by atoms with E-state index in [0.29, 0.717) is 12.5 Å². The molecule has 0 saturated heterocycles. The van der Waals surface area contributed by atoms with Crippen LogP contribution in [0.5, 0.6) is 0 Å². The highest BCUT2D eigenvalue weighted by atomic mass is 32.2. The lowest BCUT2D eigenvalue weighted by Crippen LogP contribution is -2.26. The number of hydrogen-bond acceptors (Lipinski definition) is 3. The molecule has 0 radical (unpaired) electrons. The van der Waals surface area contributed by atoms with Crippen LogP contribution in [0, 0.1) is 11.8 Å². The van der Waals surface area contributed by atoms with Gasteiger partial charge >= 0.3 is 0 Å². The van der Waals surface area contributed by atoms with E-state index in [4.69, 9.17) is 4.74 Å². The molecule has 0 aliphatic heterocycles. The van der Waals surface area contributed by atoms with Crippen LogP contribution < -0.4 is 0 Å². The lowest BCUT2D eigenvalue weighted by Gasteiger charge is -2.26. The molecule has 134 valence electrons. The Bertz CT molecular complexity index is 490. The van der Waals surface area contributed by atoms with Gasteiger partial charge in [0.25, 0.3) is 0 Å². The van der Waals surface area contributed by atoms with Crippen molar-refractivity contribution in [1.82, 2.24) is 0 Å². The molecule has 0 amide bonds. The fourth-order valence-electron chi connectivity index (χ4n) is 2.94. The summed E-state index contributed by atoms with van der Waals surface area (Å²) in [6, 6.07) is 10.3. The van der Waals surface area contributed by atoms with Crippen molar-refractivity contribution in [3.8, 4) is 0 Å². The third-order valence-corrected chi connectivity index (χ3v) is 5.93. The zero-order chi connectivity index (χ0) is 17.4. The first-order valence-corrected chi connectivity index (χ1v) is 10.1. The first-order chi connectivity index (χ1) is 11.4. The molecule has 0 spiro atoms. The van der Waals surface area contributed by atoms with Gasteiger partial charge in [-0.3, -0.25) is 0 Å². The smallest absolute Gasteiger partial charge is 0.144 e. The number of rotatable bonds is 7. The minimum absolute atomic E-state index is 0.260. The van der Waals surface area contributed by atoms with Crippen LogP contribution in [0.15, 0.2) is 34.7 Å². The van der Waals surface area contributed by atoms with E-state index in [2.05, 4.69) is 16.5 Å². The molecule has 0 heterocycles. The van der Waals surface area contributed by atoms with Crippen molar-refractivity contribution in [2.24, 2.45) is 16.2 Å². The van der Waals surface area contributed by atoms with E-state index in [9.17, 15) is 4.55 Å². The van der Waals surface area contributed by atoms with Crippen molar-refractivity contribution in [3.63, 3.8) is 0 Å². The van der Waals surface area contributed by atoms with E-state index in [-0.39, 0.29) is 4.75 Å². The predicted octanol–water partition coefficient (Wildman–Crippen LogP) is 4.93. The molecule has 3 nitrogen and oxygen atoms in total. The molecule has 1 aliphatic rings. The van der Waals surface area contributed by atoms with Crippen molar-refractivity contribution in [2.75, 3.05) is 6.61 Å². The maximum atomic E-state index is 12.0. The van der Waals surface area contributed by atoms with Crippen LogP contribution in [0.25, 0.3) is 0 Å². The Hall–Kier alpha value is -0.840. The maximum absolute atomic E-state index is 12.0. The van der Waals surface area contributed by atoms with Crippen LogP contribution in [0.2, 0.25) is 0 Å². The first kappa shape index (κ1) is 19.5. The lowest BCUT2D eigenvalue weighted by molar-refractivity contribution is 0.100. The van der Waals surface area contributed by atoms with Crippen molar-refractivity contribution in [3.05, 3.63) is 35.9 Å². The minimum atomic E-state index is -1.12. The first-order valence-electron chi connectivity index (χ1n) is 9.03. The van der Waals surface area contributed by atoms with Gasteiger partial charge < -0.3 is 9.29 Å². The molecule has 1 aromatic carbocycles. The molecule has 2 rings (SSSR count). The average molecular weight is 350 g/mol. The second-order valence-electron chi connectivity index (χ2n) is 7.72. The van der Waals surface area contributed by atoms with Crippen molar-refractivity contribution in [1.29, 1.82) is 0 Å². The van der Waals surface area contributed by atoms with E-state index in [0.717, 1.165) is 31.8 Å². The number of hydrogen-bond donors (Lipinski definition) is 0. The Balaban J connectivity index is 1.60. The zero-order valence-electron chi connectivity index (χ0n) is 15.2. The Morgan fingerprint density at radius 1 is 1.17 bits per heavy atom. The summed E-state index contributed by atoms with van der Waals surface area (Å²) in [5, 5.41) is 0. The molecular weight excluding hydrogens is 318 g/mol. The minimum Gasteiger partial charge on any atom is -0.591 e. The molecule has 1 atom stereocenters. The summed E-state index contributed by atoms with van der Waals surface area (Å²) >= 11 is -1.12. The Labute approximate surface area is 150 Å². The second kappa shape index (κ2) is 9.59. The van der Waals surface area contributed by atoms with Gasteiger partial charge in [0.1, 0.15) is 16.1 Å². The van der Waals surface area contributed by atoms with E-state index < -0.39 is 11.4 Å². The van der Waals surface area contributed by atoms with Gasteiger partial charge in [-0.2, -0.15) is 0 Å². The van der Waals surface area contributed by atoms with Crippen LogP contribution in [0.1, 0.15) is 58.4 Å². The molecule has 1 aromatic rings. The van der Waals surface area contributed by atoms with Gasteiger partial charge in [0.2, 0.25) is 0 Å². The van der Waals surface area contributed by atoms with Gasteiger partial charge in [-0.15, -0.1) is 0 Å². The van der Waals surface area contributed by atoms with E-state index in [1.165, 1.54) is 18.4 Å². The molecule has 1 unspecified atom stereocenters. The van der Waals surface area contributed by atoms with Crippen molar-refractivity contribution in [2.45, 2.75) is 64.2 Å². The maximum Gasteiger partial charge on any atom is 0.144 e. The summed E-state index contributed by atoms with van der Waals surface area (Å²) in [6.45, 7) is 7.44. The summed E-state index contributed by atoms with van der Waals surface area (Å²) in [7, 11) is 0. The molecule has 4 heteroatoms. The van der Waals surface area contributed by atoms with Gasteiger partial charge in [-0.1, -0.05) is 34.7 Å². The Morgan fingerprint density at radius 2 is 1.83 bits per heavy atom. The van der Waals surface area contributed by atoms with Crippen molar-refractivity contribution < 1.29 is 9.29 Å².